The largest absolute Gasteiger partial charge is 0.389 e. The number of hydrogen-bond acceptors (Lipinski definition) is 3. The summed E-state index contributed by atoms with van der Waals surface area (Å²) >= 11 is 1.44. The molecule has 0 saturated heterocycles. The molecule has 0 atom stereocenters. The van der Waals surface area contributed by atoms with Gasteiger partial charge < -0.3 is 10.0 Å². The maximum absolute atomic E-state index is 11.9. The minimum absolute atomic E-state index is 0.0235. The van der Waals surface area contributed by atoms with Crippen LogP contribution in [0.15, 0.2) is 11.4 Å². The maximum atomic E-state index is 11.9. The van der Waals surface area contributed by atoms with E-state index in [9.17, 15) is 9.90 Å². The summed E-state index contributed by atoms with van der Waals surface area (Å²) in [5.41, 5.74) is 0.142. The van der Waals surface area contributed by atoms with Crippen molar-refractivity contribution in [1.29, 1.82) is 0 Å². The van der Waals surface area contributed by atoms with E-state index in [1.165, 1.54) is 11.3 Å². The third-order valence-electron chi connectivity index (χ3n) is 2.03. The van der Waals surface area contributed by atoms with Crippen LogP contribution in [0.5, 0.6) is 0 Å². The van der Waals surface area contributed by atoms with Gasteiger partial charge in [0.05, 0.1) is 10.5 Å². The molecule has 0 fully saturated rings. The van der Waals surface area contributed by atoms with Crippen molar-refractivity contribution in [3.05, 3.63) is 21.9 Å². The molecule has 1 heterocycles. The topological polar surface area (TPSA) is 40.5 Å². The Balaban J connectivity index is 2.74. The van der Waals surface area contributed by atoms with E-state index in [4.69, 9.17) is 0 Å². The van der Waals surface area contributed by atoms with Crippen LogP contribution in [0.4, 0.5) is 0 Å². The fourth-order valence-electron chi connectivity index (χ4n) is 1.42. The second-order valence-electron chi connectivity index (χ2n) is 4.41. The molecular formula is C11H17NO2S. The number of hydrogen-bond donors (Lipinski definition) is 1. The lowest BCUT2D eigenvalue weighted by Crippen LogP contribution is -2.39. The van der Waals surface area contributed by atoms with Crippen LogP contribution in [0.1, 0.15) is 29.1 Å². The van der Waals surface area contributed by atoms with Gasteiger partial charge in [0.1, 0.15) is 0 Å². The van der Waals surface area contributed by atoms with Crippen molar-refractivity contribution in [2.24, 2.45) is 0 Å². The summed E-state index contributed by atoms with van der Waals surface area (Å²) in [5, 5.41) is 11.5. The Kier molecular flexibility index (Phi) is 3.52. The molecule has 1 N–H and O–H groups in total. The van der Waals surface area contributed by atoms with Crippen molar-refractivity contribution in [2.75, 3.05) is 13.6 Å². The first-order valence-electron chi connectivity index (χ1n) is 4.83. The van der Waals surface area contributed by atoms with E-state index in [1.54, 1.807) is 25.8 Å². The molecule has 1 amide bonds. The highest BCUT2D eigenvalue weighted by Gasteiger charge is 2.21. The molecule has 1 aromatic rings. The third kappa shape index (κ3) is 3.32. The van der Waals surface area contributed by atoms with Gasteiger partial charge in [-0.25, -0.2) is 0 Å². The zero-order chi connectivity index (χ0) is 11.6. The predicted molar refractivity (Wildman–Crippen MR) is 62.3 cm³/mol. The van der Waals surface area contributed by atoms with Crippen LogP contribution >= 0.6 is 11.3 Å². The quantitative estimate of drug-likeness (QED) is 0.856. The van der Waals surface area contributed by atoms with Gasteiger partial charge in [-0.3, -0.25) is 4.79 Å². The molecule has 15 heavy (non-hydrogen) atoms. The molecule has 0 saturated carbocycles. The fourth-order valence-corrected chi connectivity index (χ4v) is 2.34. The summed E-state index contributed by atoms with van der Waals surface area (Å²) in [5.74, 6) is -0.0235. The first-order valence-corrected chi connectivity index (χ1v) is 5.71. The molecule has 4 heteroatoms. The number of rotatable bonds is 3. The highest BCUT2D eigenvalue weighted by atomic mass is 32.1. The molecule has 0 aliphatic rings. The highest BCUT2D eigenvalue weighted by molar-refractivity contribution is 7.12. The number of thiophene rings is 1. The summed E-state index contributed by atoms with van der Waals surface area (Å²) in [6, 6.07) is 1.93. The molecule has 0 radical (unpaired) electrons. The molecular weight excluding hydrogens is 210 g/mol. The van der Waals surface area contributed by atoms with Crippen LogP contribution in [0.2, 0.25) is 0 Å². The Hall–Kier alpha value is -0.870. The Labute approximate surface area is 94.3 Å². The number of aliphatic hydroxyl groups is 1. The van der Waals surface area contributed by atoms with Crippen molar-refractivity contribution in [2.45, 2.75) is 26.4 Å². The van der Waals surface area contributed by atoms with Crippen molar-refractivity contribution < 1.29 is 9.90 Å². The average Bonchev–Trinajstić information content (AvgIpc) is 2.47. The fraction of sp³-hybridized carbons (Fsp3) is 0.545. The normalized spacial score (nSPS) is 11.5. The number of aryl methyl sites for hydroxylation is 1. The third-order valence-corrected chi connectivity index (χ3v) is 3.03. The number of carbonyl (C=O) groups excluding carboxylic acids is 1. The van der Waals surface area contributed by atoms with Crippen LogP contribution in [-0.2, 0) is 0 Å². The van der Waals surface area contributed by atoms with Crippen molar-refractivity contribution in [1.82, 2.24) is 4.90 Å². The van der Waals surface area contributed by atoms with Gasteiger partial charge in [-0.1, -0.05) is 0 Å². The van der Waals surface area contributed by atoms with Gasteiger partial charge in [-0.05, 0) is 37.8 Å². The SMILES string of the molecule is Cc1ccsc1C(=O)N(C)CC(C)(C)O. The highest BCUT2D eigenvalue weighted by Crippen LogP contribution is 2.18. The zero-order valence-electron chi connectivity index (χ0n) is 9.57. The van der Waals surface area contributed by atoms with E-state index in [-0.39, 0.29) is 5.91 Å². The first kappa shape index (κ1) is 12.2. The molecule has 84 valence electrons. The van der Waals surface area contributed by atoms with Gasteiger partial charge in [0.25, 0.3) is 5.91 Å². The van der Waals surface area contributed by atoms with E-state index >= 15 is 0 Å². The smallest absolute Gasteiger partial charge is 0.264 e. The van der Waals surface area contributed by atoms with Gasteiger partial charge in [0, 0.05) is 13.6 Å². The maximum Gasteiger partial charge on any atom is 0.264 e. The van der Waals surface area contributed by atoms with Crippen LogP contribution in [0.25, 0.3) is 0 Å². The van der Waals surface area contributed by atoms with E-state index in [0.29, 0.717) is 6.54 Å². The molecule has 0 unspecified atom stereocenters. The van der Waals surface area contributed by atoms with Crippen LogP contribution in [0.3, 0.4) is 0 Å². The van der Waals surface area contributed by atoms with E-state index < -0.39 is 5.60 Å². The van der Waals surface area contributed by atoms with E-state index in [2.05, 4.69) is 0 Å². The summed E-state index contributed by atoms with van der Waals surface area (Å²) < 4.78 is 0. The van der Waals surface area contributed by atoms with Crippen molar-refractivity contribution in [3.63, 3.8) is 0 Å². The molecule has 1 aromatic heterocycles. The molecule has 3 nitrogen and oxygen atoms in total. The molecule has 0 bridgehead atoms. The van der Waals surface area contributed by atoms with Gasteiger partial charge in [0.15, 0.2) is 0 Å². The van der Waals surface area contributed by atoms with Gasteiger partial charge >= 0.3 is 0 Å². The van der Waals surface area contributed by atoms with E-state index in [1.807, 2.05) is 18.4 Å². The average molecular weight is 227 g/mol. The lowest BCUT2D eigenvalue weighted by molar-refractivity contribution is 0.0370. The number of carbonyl (C=O) groups is 1. The van der Waals surface area contributed by atoms with Crippen molar-refractivity contribution >= 4 is 17.2 Å². The van der Waals surface area contributed by atoms with E-state index in [0.717, 1.165) is 10.4 Å². The van der Waals surface area contributed by atoms with Crippen molar-refractivity contribution in [3.8, 4) is 0 Å². The summed E-state index contributed by atoms with van der Waals surface area (Å²) in [7, 11) is 1.71. The molecule has 0 aromatic carbocycles. The summed E-state index contributed by atoms with van der Waals surface area (Å²) in [6.07, 6.45) is 0. The number of likely N-dealkylation sites (N-methyl/N-ethyl adjacent to an activating group) is 1. The van der Waals surface area contributed by atoms with Crippen LogP contribution < -0.4 is 0 Å². The van der Waals surface area contributed by atoms with Crippen LogP contribution in [0, 0.1) is 6.92 Å². The lowest BCUT2D eigenvalue weighted by atomic mass is 10.1. The molecule has 0 aliphatic carbocycles. The summed E-state index contributed by atoms with van der Waals surface area (Å²) in [6.45, 7) is 5.64. The zero-order valence-corrected chi connectivity index (χ0v) is 10.4. The second kappa shape index (κ2) is 4.33. The monoisotopic (exact) mass is 227 g/mol. The van der Waals surface area contributed by atoms with Gasteiger partial charge in [-0.15, -0.1) is 11.3 Å². The van der Waals surface area contributed by atoms with Gasteiger partial charge in [-0.2, -0.15) is 0 Å². The second-order valence-corrected chi connectivity index (χ2v) is 5.32. The summed E-state index contributed by atoms with van der Waals surface area (Å²) in [4.78, 5) is 14.2. The Morgan fingerprint density at radius 3 is 2.60 bits per heavy atom. The number of amides is 1. The number of nitrogens with zero attached hydrogens (tertiary/aromatic N) is 1. The predicted octanol–water partition coefficient (Wildman–Crippen LogP) is 1.90. The Morgan fingerprint density at radius 2 is 2.20 bits per heavy atom. The standard InChI is InChI=1S/C11H17NO2S/c1-8-5-6-15-9(8)10(13)12(4)7-11(2,3)14/h5-6,14H,7H2,1-4H3. The Bertz CT molecular complexity index is 352. The lowest BCUT2D eigenvalue weighted by Gasteiger charge is -2.25. The van der Waals surface area contributed by atoms with Crippen LogP contribution in [-0.4, -0.2) is 35.1 Å². The van der Waals surface area contributed by atoms with Gasteiger partial charge in [0.2, 0.25) is 0 Å². The molecule has 0 spiro atoms. The Morgan fingerprint density at radius 1 is 1.60 bits per heavy atom. The minimum atomic E-state index is -0.852. The first-order chi connectivity index (χ1) is 6.81. The molecule has 0 aliphatic heterocycles. The minimum Gasteiger partial charge on any atom is -0.389 e. The molecule has 1 rings (SSSR count).